The van der Waals surface area contributed by atoms with E-state index in [0.717, 1.165) is 13.0 Å². The van der Waals surface area contributed by atoms with E-state index in [9.17, 15) is 0 Å². The van der Waals surface area contributed by atoms with E-state index in [1.807, 2.05) is 0 Å². The minimum atomic E-state index is 0.372. The molecule has 2 atom stereocenters. The number of nitrogens with two attached hydrogens (primary N) is 2. The van der Waals surface area contributed by atoms with Crippen molar-refractivity contribution in [3.63, 3.8) is 0 Å². The summed E-state index contributed by atoms with van der Waals surface area (Å²) >= 11 is 0. The lowest BCUT2D eigenvalue weighted by Crippen LogP contribution is -2.14. The van der Waals surface area contributed by atoms with Crippen LogP contribution in [0.5, 0.6) is 0 Å². The van der Waals surface area contributed by atoms with Gasteiger partial charge < -0.3 is 11.5 Å². The Kier molecular flexibility index (Phi) is 7.51. The molecule has 2 unspecified atom stereocenters. The molecule has 0 heterocycles. The van der Waals surface area contributed by atoms with Crippen LogP contribution >= 0.6 is 0 Å². The van der Waals surface area contributed by atoms with Gasteiger partial charge in [0.25, 0.3) is 0 Å². The molecule has 0 aromatic heterocycles. The second-order valence-corrected chi connectivity index (χ2v) is 3.96. The first kappa shape index (κ1) is 11.9. The maximum absolute atomic E-state index is 5.64. The van der Waals surface area contributed by atoms with E-state index in [1.165, 1.54) is 25.7 Å². The lowest BCUT2D eigenvalue weighted by atomic mass is 10.0. The SMILES string of the molecule is CC(N)CCCCCC(C)CN. The molecule has 74 valence electrons. The van der Waals surface area contributed by atoms with E-state index in [1.54, 1.807) is 0 Å². The van der Waals surface area contributed by atoms with Gasteiger partial charge in [-0.15, -0.1) is 0 Å². The summed E-state index contributed by atoms with van der Waals surface area (Å²) in [6, 6.07) is 0.372. The molecular weight excluding hydrogens is 148 g/mol. The van der Waals surface area contributed by atoms with Crippen molar-refractivity contribution < 1.29 is 0 Å². The second-order valence-electron chi connectivity index (χ2n) is 3.96. The lowest BCUT2D eigenvalue weighted by Gasteiger charge is -2.08. The summed E-state index contributed by atoms with van der Waals surface area (Å²) in [5.41, 5.74) is 11.2. The highest BCUT2D eigenvalue weighted by Gasteiger charge is 1.99. The molecule has 0 aliphatic rings. The Labute approximate surface area is 76.7 Å². The molecule has 0 aromatic carbocycles. The molecule has 0 aromatic rings. The first-order valence-corrected chi connectivity index (χ1v) is 5.12. The van der Waals surface area contributed by atoms with Crippen molar-refractivity contribution in [2.75, 3.05) is 6.54 Å². The molecule has 0 saturated heterocycles. The van der Waals surface area contributed by atoms with E-state index in [0.29, 0.717) is 12.0 Å². The predicted molar refractivity (Wildman–Crippen MR) is 55.0 cm³/mol. The van der Waals surface area contributed by atoms with Crippen LogP contribution in [0, 0.1) is 5.92 Å². The molecule has 12 heavy (non-hydrogen) atoms. The fraction of sp³-hybridized carbons (Fsp3) is 1.00. The molecular formula is C10H24N2. The van der Waals surface area contributed by atoms with Gasteiger partial charge in [-0.2, -0.15) is 0 Å². The van der Waals surface area contributed by atoms with Gasteiger partial charge in [-0.05, 0) is 32.2 Å². The van der Waals surface area contributed by atoms with E-state index >= 15 is 0 Å². The normalized spacial score (nSPS) is 16.0. The Hall–Kier alpha value is -0.0800. The zero-order valence-electron chi connectivity index (χ0n) is 8.55. The Bertz CT molecular complexity index is 91.8. The zero-order chi connectivity index (χ0) is 9.40. The smallest absolute Gasteiger partial charge is 0.00104 e. The lowest BCUT2D eigenvalue weighted by molar-refractivity contribution is 0.486. The van der Waals surface area contributed by atoms with Crippen LogP contribution in [0.2, 0.25) is 0 Å². The summed E-state index contributed by atoms with van der Waals surface area (Å²) in [7, 11) is 0. The number of unbranched alkanes of at least 4 members (excludes halogenated alkanes) is 2. The molecule has 0 aliphatic heterocycles. The van der Waals surface area contributed by atoms with Gasteiger partial charge in [0.15, 0.2) is 0 Å². The summed E-state index contributed by atoms with van der Waals surface area (Å²) in [6.45, 7) is 5.11. The quantitative estimate of drug-likeness (QED) is 0.576. The molecule has 0 spiro atoms. The topological polar surface area (TPSA) is 52.0 Å². The van der Waals surface area contributed by atoms with Gasteiger partial charge in [-0.1, -0.05) is 26.2 Å². The summed E-state index contributed by atoms with van der Waals surface area (Å²) < 4.78 is 0. The second kappa shape index (κ2) is 7.56. The molecule has 4 N–H and O–H groups in total. The number of rotatable bonds is 7. The van der Waals surface area contributed by atoms with Crippen molar-refractivity contribution in [1.82, 2.24) is 0 Å². The summed E-state index contributed by atoms with van der Waals surface area (Å²) in [6.07, 6.45) is 6.33. The third kappa shape index (κ3) is 8.02. The highest BCUT2D eigenvalue weighted by atomic mass is 14.6. The molecule has 0 saturated carbocycles. The van der Waals surface area contributed by atoms with Crippen LogP contribution in [-0.4, -0.2) is 12.6 Å². The molecule has 0 bridgehead atoms. The van der Waals surface area contributed by atoms with Crippen LogP contribution in [0.25, 0.3) is 0 Å². The van der Waals surface area contributed by atoms with Gasteiger partial charge in [0.2, 0.25) is 0 Å². The van der Waals surface area contributed by atoms with Gasteiger partial charge in [0.05, 0.1) is 0 Å². The minimum absolute atomic E-state index is 0.372. The first-order chi connectivity index (χ1) is 5.66. The van der Waals surface area contributed by atoms with Gasteiger partial charge in [0, 0.05) is 6.04 Å². The summed E-state index contributed by atoms with van der Waals surface area (Å²) in [5.74, 6) is 0.695. The highest BCUT2D eigenvalue weighted by Crippen LogP contribution is 2.09. The maximum Gasteiger partial charge on any atom is 0.00104 e. The van der Waals surface area contributed by atoms with Crippen LogP contribution in [0.1, 0.15) is 46.0 Å². The predicted octanol–water partition coefficient (Wildman–Crippen LogP) is 1.88. The summed E-state index contributed by atoms with van der Waals surface area (Å²) in [5, 5.41) is 0. The number of hydrogen-bond donors (Lipinski definition) is 2. The van der Waals surface area contributed by atoms with Gasteiger partial charge >= 0.3 is 0 Å². The molecule has 0 radical (unpaired) electrons. The van der Waals surface area contributed by atoms with Crippen molar-refractivity contribution in [2.45, 2.75) is 52.0 Å². The average molecular weight is 172 g/mol. The molecule has 0 amide bonds. The fourth-order valence-electron chi connectivity index (χ4n) is 1.25. The van der Waals surface area contributed by atoms with Crippen LogP contribution < -0.4 is 11.5 Å². The molecule has 0 fully saturated rings. The van der Waals surface area contributed by atoms with Crippen molar-refractivity contribution in [3.05, 3.63) is 0 Å². The third-order valence-corrected chi connectivity index (χ3v) is 2.26. The Morgan fingerprint density at radius 1 is 1.00 bits per heavy atom. The number of hydrogen-bond acceptors (Lipinski definition) is 2. The molecule has 0 rings (SSSR count). The van der Waals surface area contributed by atoms with Gasteiger partial charge in [-0.3, -0.25) is 0 Å². The molecule has 2 nitrogen and oxygen atoms in total. The Morgan fingerprint density at radius 2 is 1.58 bits per heavy atom. The third-order valence-electron chi connectivity index (χ3n) is 2.26. The fourth-order valence-corrected chi connectivity index (χ4v) is 1.25. The molecule has 2 heteroatoms. The average Bonchev–Trinajstić information content (AvgIpc) is 2.03. The monoisotopic (exact) mass is 172 g/mol. The van der Waals surface area contributed by atoms with Gasteiger partial charge in [-0.25, -0.2) is 0 Å². The first-order valence-electron chi connectivity index (χ1n) is 5.12. The highest BCUT2D eigenvalue weighted by molar-refractivity contribution is 4.56. The Balaban J connectivity index is 3.00. The maximum atomic E-state index is 5.64. The van der Waals surface area contributed by atoms with E-state index in [-0.39, 0.29) is 0 Å². The minimum Gasteiger partial charge on any atom is -0.330 e. The summed E-state index contributed by atoms with van der Waals surface area (Å²) in [4.78, 5) is 0. The van der Waals surface area contributed by atoms with Crippen molar-refractivity contribution in [3.8, 4) is 0 Å². The largest absolute Gasteiger partial charge is 0.330 e. The van der Waals surface area contributed by atoms with Crippen molar-refractivity contribution >= 4 is 0 Å². The van der Waals surface area contributed by atoms with Crippen molar-refractivity contribution in [2.24, 2.45) is 17.4 Å². The Morgan fingerprint density at radius 3 is 2.08 bits per heavy atom. The van der Waals surface area contributed by atoms with Crippen LogP contribution in [-0.2, 0) is 0 Å². The van der Waals surface area contributed by atoms with Crippen molar-refractivity contribution in [1.29, 1.82) is 0 Å². The van der Waals surface area contributed by atoms with E-state index in [2.05, 4.69) is 13.8 Å². The molecule has 0 aliphatic carbocycles. The zero-order valence-corrected chi connectivity index (χ0v) is 8.55. The van der Waals surface area contributed by atoms with E-state index in [4.69, 9.17) is 11.5 Å². The van der Waals surface area contributed by atoms with Crippen LogP contribution in [0.4, 0.5) is 0 Å². The van der Waals surface area contributed by atoms with Gasteiger partial charge in [0.1, 0.15) is 0 Å². The van der Waals surface area contributed by atoms with Crippen LogP contribution in [0.3, 0.4) is 0 Å². The van der Waals surface area contributed by atoms with E-state index < -0.39 is 0 Å². The standard InChI is InChI=1S/C10H24N2/c1-9(8-11)6-4-3-5-7-10(2)12/h9-10H,3-8,11-12H2,1-2H3. The van der Waals surface area contributed by atoms with Crippen LogP contribution in [0.15, 0.2) is 0 Å².